The molecule has 0 spiro atoms. The molecule has 11 heteroatoms. The predicted molar refractivity (Wildman–Crippen MR) is 138 cm³/mol. The summed E-state index contributed by atoms with van der Waals surface area (Å²) in [6, 6.07) is 19.0. The van der Waals surface area contributed by atoms with Crippen LogP contribution in [-0.2, 0) is 21.4 Å². The Hall–Kier alpha value is -3.27. The maximum atomic E-state index is 12.4. The van der Waals surface area contributed by atoms with Crippen molar-refractivity contribution in [2.75, 3.05) is 24.2 Å². The number of nitrogens with zero attached hydrogens (tertiary/aromatic N) is 2. The SMILES string of the molecule is COc1ccc(Cl)cc1N(CC(=O)N/N=C\c1ccc(OCc2ccccc2Cl)cc1)S(C)(=O)=O. The van der Waals surface area contributed by atoms with Crippen molar-refractivity contribution in [3.05, 3.63) is 87.9 Å². The molecule has 8 nitrogen and oxygen atoms in total. The molecule has 0 saturated carbocycles. The zero-order valence-corrected chi connectivity index (χ0v) is 21.3. The van der Waals surface area contributed by atoms with Gasteiger partial charge in [0, 0.05) is 15.6 Å². The summed E-state index contributed by atoms with van der Waals surface area (Å²) in [6.45, 7) is -0.181. The van der Waals surface area contributed by atoms with Gasteiger partial charge in [-0.3, -0.25) is 9.10 Å². The number of anilines is 1. The molecular weight excluding hydrogens is 513 g/mol. The van der Waals surface area contributed by atoms with E-state index < -0.39 is 22.5 Å². The van der Waals surface area contributed by atoms with Crippen LogP contribution in [0.1, 0.15) is 11.1 Å². The van der Waals surface area contributed by atoms with Gasteiger partial charge in [-0.15, -0.1) is 0 Å². The zero-order valence-electron chi connectivity index (χ0n) is 18.9. The number of hydrogen-bond donors (Lipinski definition) is 1. The molecule has 0 fully saturated rings. The molecule has 3 aromatic rings. The molecule has 3 rings (SSSR count). The summed E-state index contributed by atoms with van der Waals surface area (Å²) < 4.78 is 36.5. The molecule has 184 valence electrons. The van der Waals surface area contributed by atoms with E-state index in [1.54, 1.807) is 36.4 Å². The monoisotopic (exact) mass is 535 g/mol. The molecule has 3 aromatic carbocycles. The van der Waals surface area contributed by atoms with Gasteiger partial charge in [-0.2, -0.15) is 5.10 Å². The Balaban J connectivity index is 1.60. The number of carbonyl (C=O) groups excluding carboxylic acids is 1. The standard InChI is InChI=1S/C24H23Cl2N3O5S/c1-33-23-12-9-19(25)13-22(23)29(35(2,31)32)15-24(30)28-27-14-17-7-10-20(11-8-17)34-16-18-5-3-4-6-21(18)26/h3-14H,15-16H2,1-2H3,(H,28,30)/b27-14-. The van der Waals surface area contributed by atoms with Crippen molar-refractivity contribution in [3.8, 4) is 11.5 Å². The summed E-state index contributed by atoms with van der Waals surface area (Å²) in [4.78, 5) is 12.4. The van der Waals surface area contributed by atoms with Crippen LogP contribution in [0.3, 0.4) is 0 Å². The van der Waals surface area contributed by atoms with Gasteiger partial charge in [0.25, 0.3) is 5.91 Å². The lowest BCUT2D eigenvalue weighted by atomic mass is 10.2. The van der Waals surface area contributed by atoms with E-state index in [1.807, 2.05) is 18.2 Å². The summed E-state index contributed by atoms with van der Waals surface area (Å²) in [7, 11) is -2.42. The third-order valence-corrected chi connectivity index (χ3v) is 6.46. The van der Waals surface area contributed by atoms with Gasteiger partial charge >= 0.3 is 0 Å². The van der Waals surface area contributed by atoms with E-state index in [-0.39, 0.29) is 11.4 Å². The van der Waals surface area contributed by atoms with Crippen molar-refractivity contribution in [1.82, 2.24) is 5.43 Å². The Morgan fingerprint density at radius 2 is 1.80 bits per heavy atom. The van der Waals surface area contributed by atoms with Crippen molar-refractivity contribution >= 4 is 51.0 Å². The van der Waals surface area contributed by atoms with Gasteiger partial charge in [-0.25, -0.2) is 13.8 Å². The number of amides is 1. The third kappa shape index (κ3) is 7.61. The minimum Gasteiger partial charge on any atom is -0.495 e. The Kier molecular flexibility index (Phi) is 8.97. The molecule has 0 aliphatic rings. The van der Waals surface area contributed by atoms with Gasteiger partial charge < -0.3 is 9.47 Å². The fourth-order valence-corrected chi connectivity index (χ4v) is 4.22. The van der Waals surface area contributed by atoms with Crippen LogP contribution in [0, 0.1) is 0 Å². The van der Waals surface area contributed by atoms with Crippen LogP contribution in [0.25, 0.3) is 0 Å². The number of methoxy groups -OCH3 is 1. The second kappa shape index (κ2) is 11.9. The highest BCUT2D eigenvalue weighted by molar-refractivity contribution is 7.92. The molecule has 0 radical (unpaired) electrons. The molecule has 0 saturated heterocycles. The fraction of sp³-hybridized carbons (Fsp3) is 0.167. The maximum Gasteiger partial charge on any atom is 0.260 e. The number of rotatable bonds is 10. The van der Waals surface area contributed by atoms with Crippen LogP contribution in [0.2, 0.25) is 10.0 Å². The van der Waals surface area contributed by atoms with E-state index in [0.717, 1.165) is 16.1 Å². The van der Waals surface area contributed by atoms with Crippen LogP contribution in [0.4, 0.5) is 5.69 Å². The van der Waals surface area contributed by atoms with Crippen LogP contribution < -0.4 is 19.2 Å². The lowest BCUT2D eigenvalue weighted by molar-refractivity contribution is -0.119. The average molecular weight is 536 g/mol. The molecule has 1 amide bonds. The van der Waals surface area contributed by atoms with E-state index in [2.05, 4.69) is 10.5 Å². The first kappa shape index (κ1) is 26.3. The van der Waals surface area contributed by atoms with Crippen molar-refractivity contribution < 1.29 is 22.7 Å². The Bertz CT molecular complexity index is 1310. The molecule has 0 aromatic heterocycles. The first-order chi connectivity index (χ1) is 16.7. The topological polar surface area (TPSA) is 97.3 Å². The van der Waals surface area contributed by atoms with Crippen LogP contribution >= 0.6 is 23.2 Å². The van der Waals surface area contributed by atoms with E-state index in [4.69, 9.17) is 32.7 Å². The second-order valence-corrected chi connectivity index (χ2v) is 10.1. The number of halogens is 2. The smallest absolute Gasteiger partial charge is 0.260 e. The summed E-state index contributed by atoms with van der Waals surface area (Å²) in [5, 5.41) is 4.84. The molecule has 1 N–H and O–H groups in total. The first-order valence-corrected chi connectivity index (χ1v) is 12.9. The Labute approximate surface area is 214 Å². The van der Waals surface area contributed by atoms with E-state index in [9.17, 15) is 13.2 Å². The fourth-order valence-electron chi connectivity index (χ4n) is 3.01. The predicted octanol–water partition coefficient (Wildman–Crippen LogP) is 4.50. The number of sulfonamides is 1. The Morgan fingerprint density at radius 1 is 1.09 bits per heavy atom. The molecule has 0 atom stereocenters. The first-order valence-electron chi connectivity index (χ1n) is 10.3. The van der Waals surface area contributed by atoms with Gasteiger partial charge in [0.15, 0.2) is 0 Å². The summed E-state index contributed by atoms with van der Waals surface area (Å²) >= 11 is 12.1. The molecular formula is C24H23Cl2N3O5S. The molecule has 0 aliphatic heterocycles. The molecule has 35 heavy (non-hydrogen) atoms. The summed E-state index contributed by atoms with van der Waals surface area (Å²) in [5.74, 6) is 0.256. The van der Waals surface area contributed by atoms with Crippen molar-refractivity contribution in [2.24, 2.45) is 5.10 Å². The minimum absolute atomic E-state index is 0.147. The second-order valence-electron chi connectivity index (χ2n) is 7.33. The quantitative estimate of drug-likeness (QED) is 0.304. The lowest BCUT2D eigenvalue weighted by Gasteiger charge is -2.23. The molecule has 0 aliphatic carbocycles. The van der Waals surface area contributed by atoms with E-state index in [1.165, 1.54) is 25.5 Å². The van der Waals surface area contributed by atoms with Gasteiger partial charge in [0.05, 0.1) is 25.3 Å². The van der Waals surface area contributed by atoms with E-state index in [0.29, 0.717) is 28.0 Å². The number of nitrogens with one attached hydrogen (secondary N) is 1. The highest BCUT2D eigenvalue weighted by atomic mass is 35.5. The number of benzene rings is 3. The summed E-state index contributed by atoms with van der Waals surface area (Å²) in [6.07, 6.45) is 2.42. The maximum absolute atomic E-state index is 12.4. The van der Waals surface area contributed by atoms with Crippen molar-refractivity contribution in [1.29, 1.82) is 0 Å². The largest absolute Gasteiger partial charge is 0.495 e. The number of carbonyl (C=O) groups is 1. The van der Waals surface area contributed by atoms with Crippen LogP contribution in [-0.4, -0.2) is 40.4 Å². The van der Waals surface area contributed by atoms with Gasteiger partial charge in [0.2, 0.25) is 10.0 Å². The van der Waals surface area contributed by atoms with E-state index >= 15 is 0 Å². The number of ether oxygens (including phenoxy) is 2. The van der Waals surface area contributed by atoms with Gasteiger partial charge in [0.1, 0.15) is 24.7 Å². The lowest BCUT2D eigenvalue weighted by Crippen LogP contribution is -2.39. The van der Waals surface area contributed by atoms with Crippen LogP contribution in [0.15, 0.2) is 71.8 Å². The normalized spacial score (nSPS) is 11.3. The number of hydrogen-bond acceptors (Lipinski definition) is 6. The molecule has 0 bridgehead atoms. The zero-order chi connectivity index (χ0) is 25.4. The summed E-state index contributed by atoms with van der Waals surface area (Å²) in [5.41, 5.74) is 4.05. The van der Waals surface area contributed by atoms with Gasteiger partial charge in [-0.1, -0.05) is 41.4 Å². The minimum atomic E-state index is -3.81. The molecule has 0 heterocycles. The molecule has 0 unspecified atom stereocenters. The van der Waals surface area contributed by atoms with Crippen molar-refractivity contribution in [2.45, 2.75) is 6.61 Å². The van der Waals surface area contributed by atoms with Gasteiger partial charge in [-0.05, 0) is 54.1 Å². The highest BCUT2D eigenvalue weighted by Gasteiger charge is 2.24. The third-order valence-electron chi connectivity index (χ3n) is 4.73. The highest BCUT2D eigenvalue weighted by Crippen LogP contribution is 2.32. The number of hydrazone groups is 1. The van der Waals surface area contributed by atoms with Crippen molar-refractivity contribution in [3.63, 3.8) is 0 Å². The average Bonchev–Trinajstić information content (AvgIpc) is 2.82. The van der Waals surface area contributed by atoms with Crippen LogP contribution in [0.5, 0.6) is 11.5 Å². The Morgan fingerprint density at radius 3 is 2.46 bits per heavy atom.